The highest BCUT2D eigenvalue weighted by Crippen LogP contribution is 2.57. The molecule has 0 spiro atoms. The standard InChI is InChI=1S/C51H36N2/c1-3-19-38(20-4-1)51(39-21-5-2-6-22-39)47-26-12-11-25-45(47)46-34-33-42(35-48(46)51)53(50-28-14-18-37-16-8-10-24-44(37)50)41-31-29-40(30-32-41)52-49-27-13-17-36-15-7-9-23-43(36)49/h1-35,52H. The van der Waals surface area contributed by atoms with E-state index in [9.17, 15) is 0 Å². The number of anilines is 5. The molecule has 0 heterocycles. The normalized spacial score (nSPS) is 12.7. The van der Waals surface area contributed by atoms with Crippen molar-refractivity contribution in [3.05, 3.63) is 235 Å². The molecule has 1 aliphatic carbocycles. The summed E-state index contributed by atoms with van der Waals surface area (Å²) in [7, 11) is 0. The molecule has 10 rings (SSSR count). The molecule has 0 amide bonds. The van der Waals surface area contributed by atoms with Crippen molar-refractivity contribution >= 4 is 50.0 Å². The van der Waals surface area contributed by atoms with Crippen LogP contribution < -0.4 is 10.2 Å². The van der Waals surface area contributed by atoms with Crippen LogP contribution in [0.15, 0.2) is 212 Å². The number of hydrogen-bond donors (Lipinski definition) is 1. The maximum Gasteiger partial charge on any atom is 0.0714 e. The average molecular weight is 677 g/mol. The molecule has 0 saturated carbocycles. The molecule has 0 aromatic heterocycles. The first-order chi connectivity index (χ1) is 26.3. The van der Waals surface area contributed by atoms with Gasteiger partial charge in [-0.1, -0.05) is 164 Å². The summed E-state index contributed by atoms with van der Waals surface area (Å²) in [5, 5.41) is 8.53. The highest BCUT2D eigenvalue weighted by atomic mass is 15.1. The lowest BCUT2D eigenvalue weighted by Gasteiger charge is -2.35. The smallest absolute Gasteiger partial charge is 0.0714 e. The van der Waals surface area contributed by atoms with Gasteiger partial charge in [0.1, 0.15) is 0 Å². The van der Waals surface area contributed by atoms with Crippen molar-refractivity contribution in [3.63, 3.8) is 0 Å². The SMILES string of the molecule is c1ccc(C2(c3ccccc3)c3ccccc3-c3ccc(N(c4ccc(Nc5cccc6ccccc56)cc4)c4cccc5ccccc45)cc32)cc1. The monoisotopic (exact) mass is 676 g/mol. The van der Waals surface area contributed by atoms with Gasteiger partial charge >= 0.3 is 0 Å². The lowest BCUT2D eigenvalue weighted by Crippen LogP contribution is -2.28. The Morgan fingerprint density at radius 2 is 0.925 bits per heavy atom. The zero-order valence-electron chi connectivity index (χ0n) is 29.2. The first-order valence-corrected chi connectivity index (χ1v) is 18.3. The second kappa shape index (κ2) is 12.7. The van der Waals surface area contributed by atoms with Gasteiger partial charge in [-0.15, -0.1) is 0 Å². The van der Waals surface area contributed by atoms with Crippen LogP contribution in [-0.4, -0.2) is 0 Å². The third kappa shape index (κ3) is 5.03. The van der Waals surface area contributed by atoms with E-state index in [1.54, 1.807) is 0 Å². The lowest BCUT2D eigenvalue weighted by molar-refractivity contribution is 0.768. The molecule has 2 nitrogen and oxygen atoms in total. The Labute approximate surface area is 310 Å². The molecule has 0 saturated heterocycles. The van der Waals surface area contributed by atoms with Crippen LogP contribution in [0.2, 0.25) is 0 Å². The van der Waals surface area contributed by atoms with Crippen molar-refractivity contribution in [3.8, 4) is 11.1 Å². The number of rotatable bonds is 7. The molecule has 250 valence electrons. The summed E-state index contributed by atoms with van der Waals surface area (Å²) in [6, 6.07) is 77.1. The van der Waals surface area contributed by atoms with Gasteiger partial charge in [0.2, 0.25) is 0 Å². The molecule has 9 aromatic rings. The summed E-state index contributed by atoms with van der Waals surface area (Å²) in [6.45, 7) is 0. The van der Waals surface area contributed by atoms with Crippen LogP contribution in [0, 0.1) is 0 Å². The molecule has 1 N–H and O–H groups in total. The lowest BCUT2D eigenvalue weighted by atomic mass is 9.67. The van der Waals surface area contributed by atoms with Gasteiger partial charge < -0.3 is 10.2 Å². The fourth-order valence-electron chi connectivity index (χ4n) is 8.59. The van der Waals surface area contributed by atoms with Gasteiger partial charge in [-0.3, -0.25) is 0 Å². The molecule has 0 atom stereocenters. The maximum absolute atomic E-state index is 3.69. The van der Waals surface area contributed by atoms with Crippen LogP contribution in [0.4, 0.5) is 28.4 Å². The fourth-order valence-corrected chi connectivity index (χ4v) is 8.59. The minimum absolute atomic E-state index is 0.485. The van der Waals surface area contributed by atoms with Gasteiger partial charge in [0, 0.05) is 33.5 Å². The van der Waals surface area contributed by atoms with E-state index >= 15 is 0 Å². The third-order valence-corrected chi connectivity index (χ3v) is 10.9. The summed E-state index contributed by atoms with van der Waals surface area (Å²) in [4.78, 5) is 2.42. The average Bonchev–Trinajstić information content (AvgIpc) is 3.53. The largest absolute Gasteiger partial charge is 0.355 e. The molecular weight excluding hydrogens is 641 g/mol. The van der Waals surface area contributed by atoms with Crippen molar-refractivity contribution < 1.29 is 0 Å². The fraction of sp³-hybridized carbons (Fsp3) is 0.0196. The number of fused-ring (bicyclic) bond motifs is 5. The predicted molar refractivity (Wildman–Crippen MR) is 223 cm³/mol. The van der Waals surface area contributed by atoms with Gasteiger partial charge in [0.15, 0.2) is 0 Å². The molecule has 0 bridgehead atoms. The van der Waals surface area contributed by atoms with Crippen molar-refractivity contribution in [2.45, 2.75) is 5.41 Å². The summed E-state index contributed by atoms with van der Waals surface area (Å²) >= 11 is 0. The van der Waals surface area contributed by atoms with E-state index in [1.165, 1.54) is 54.9 Å². The van der Waals surface area contributed by atoms with Gasteiger partial charge in [0.05, 0.1) is 11.1 Å². The van der Waals surface area contributed by atoms with Gasteiger partial charge in [0.25, 0.3) is 0 Å². The van der Waals surface area contributed by atoms with E-state index in [0.29, 0.717) is 0 Å². The Morgan fingerprint density at radius 3 is 1.66 bits per heavy atom. The summed E-state index contributed by atoms with van der Waals surface area (Å²) in [6.07, 6.45) is 0. The Bertz CT molecular complexity index is 2700. The molecule has 53 heavy (non-hydrogen) atoms. The molecule has 0 fully saturated rings. The van der Waals surface area contributed by atoms with Crippen LogP contribution in [0.25, 0.3) is 32.7 Å². The first-order valence-electron chi connectivity index (χ1n) is 18.3. The third-order valence-electron chi connectivity index (χ3n) is 10.9. The Hall–Kier alpha value is -6.90. The van der Waals surface area contributed by atoms with Gasteiger partial charge in [-0.2, -0.15) is 0 Å². The van der Waals surface area contributed by atoms with Crippen molar-refractivity contribution in [1.29, 1.82) is 0 Å². The number of hydrogen-bond acceptors (Lipinski definition) is 2. The minimum Gasteiger partial charge on any atom is -0.355 e. The van der Waals surface area contributed by atoms with Crippen molar-refractivity contribution in [1.82, 2.24) is 0 Å². The van der Waals surface area contributed by atoms with Gasteiger partial charge in [-0.25, -0.2) is 0 Å². The Balaban J connectivity index is 1.17. The van der Waals surface area contributed by atoms with E-state index in [-0.39, 0.29) is 0 Å². The highest BCUT2D eigenvalue weighted by molar-refractivity contribution is 6.00. The topological polar surface area (TPSA) is 15.3 Å². The van der Waals surface area contributed by atoms with Crippen LogP contribution in [0.1, 0.15) is 22.3 Å². The summed E-state index contributed by atoms with van der Waals surface area (Å²) in [5.41, 5.74) is 12.6. The molecule has 9 aromatic carbocycles. The van der Waals surface area contributed by atoms with E-state index in [4.69, 9.17) is 0 Å². The summed E-state index contributed by atoms with van der Waals surface area (Å²) < 4.78 is 0. The summed E-state index contributed by atoms with van der Waals surface area (Å²) in [5.74, 6) is 0. The quantitative estimate of drug-likeness (QED) is 0.181. The minimum atomic E-state index is -0.485. The van der Waals surface area contributed by atoms with E-state index < -0.39 is 5.41 Å². The van der Waals surface area contributed by atoms with Crippen LogP contribution in [0.3, 0.4) is 0 Å². The van der Waals surface area contributed by atoms with Crippen molar-refractivity contribution in [2.75, 3.05) is 10.2 Å². The number of benzene rings is 9. The molecule has 0 unspecified atom stereocenters. The maximum atomic E-state index is 3.69. The Morgan fingerprint density at radius 1 is 0.377 bits per heavy atom. The molecular formula is C51H36N2. The van der Waals surface area contributed by atoms with E-state index in [2.05, 4.69) is 223 Å². The predicted octanol–water partition coefficient (Wildman–Crippen LogP) is 13.6. The molecule has 0 aliphatic heterocycles. The van der Waals surface area contributed by atoms with Crippen LogP contribution in [-0.2, 0) is 5.41 Å². The molecule has 0 radical (unpaired) electrons. The highest BCUT2D eigenvalue weighted by Gasteiger charge is 2.46. The van der Waals surface area contributed by atoms with E-state index in [0.717, 1.165) is 28.4 Å². The van der Waals surface area contributed by atoms with E-state index in [1.807, 2.05) is 0 Å². The Kier molecular flexibility index (Phi) is 7.40. The molecule has 1 aliphatic rings. The van der Waals surface area contributed by atoms with Crippen LogP contribution in [0.5, 0.6) is 0 Å². The second-order valence-corrected chi connectivity index (χ2v) is 13.8. The zero-order chi connectivity index (χ0) is 35.2. The van der Waals surface area contributed by atoms with Crippen molar-refractivity contribution in [2.24, 2.45) is 0 Å². The zero-order valence-corrected chi connectivity index (χ0v) is 29.2. The van der Waals surface area contributed by atoms with Gasteiger partial charge in [-0.05, 0) is 92.7 Å². The number of nitrogens with zero attached hydrogens (tertiary/aromatic N) is 1. The van der Waals surface area contributed by atoms with Crippen LogP contribution >= 0.6 is 0 Å². The second-order valence-electron chi connectivity index (χ2n) is 13.8. The first kappa shape index (κ1) is 30.9. The molecule has 2 heteroatoms. The number of nitrogens with one attached hydrogen (secondary N) is 1.